The van der Waals surface area contributed by atoms with Gasteiger partial charge in [-0.25, -0.2) is 4.79 Å². The van der Waals surface area contributed by atoms with Crippen LogP contribution in [0.25, 0.3) is 10.9 Å². The molecule has 0 unspecified atom stereocenters. The highest BCUT2D eigenvalue weighted by Gasteiger charge is 2.17. The van der Waals surface area contributed by atoms with Crippen molar-refractivity contribution in [3.63, 3.8) is 0 Å². The van der Waals surface area contributed by atoms with Crippen molar-refractivity contribution >= 4 is 16.9 Å². The Kier molecular flexibility index (Phi) is 3.62. The molecule has 0 spiro atoms. The molecule has 1 heterocycles. The van der Waals surface area contributed by atoms with Crippen LogP contribution in [0.1, 0.15) is 34.0 Å². The molecule has 102 valence electrons. The molecule has 1 aromatic carbocycles. The first-order valence-electron chi connectivity index (χ1n) is 6.56. The largest absolute Gasteiger partial charge is 0.478 e. The van der Waals surface area contributed by atoms with Gasteiger partial charge < -0.3 is 15.4 Å². The van der Waals surface area contributed by atoms with E-state index in [0.717, 1.165) is 35.0 Å². The minimum atomic E-state index is -0.865. The number of benzene rings is 1. The minimum absolute atomic E-state index is 0.394. The van der Waals surface area contributed by atoms with Crippen LogP contribution in [0.5, 0.6) is 0 Å². The van der Waals surface area contributed by atoms with Crippen LogP contribution in [-0.2, 0) is 13.0 Å². The standard InChI is InChI=1S/C15H20N2O2/c1-4-11-8-17(6-5-16)14-9(2)7-12(15(18)19)10(3)13(11)14/h7-8H,4-6,16H2,1-3H3,(H,18,19). The van der Waals surface area contributed by atoms with Crippen molar-refractivity contribution < 1.29 is 9.90 Å². The zero-order chi connectivity index (χ0) is 14.2. The molecule has 0 radical (unpaired) electrons. The monoisotopic (exact) mass is 260 g/mol. The van der Waals surface area contributed by atoms with Gasteiger partial charge in [0.25, 0.3) is 0 Å². The second kappa shape index (κ2) is 5.05. The number of aromatic carboxylic acids is 1. The Morgan fingerprint density at radius 2 is 2.11 bits per heavy atom. The van der Waals surface area contributed by atoms with E-state index in [1.54, 1.807) is 6.07 Å². The van der Waals surface area contributed by atoms with Crippen LogP contribution in [0, 0.1) is 13.8 Å². The number of carboxylic acid groups (broad SMARTS) is 1. The predicted molar refractivity (Wildman–Crippen MR) is 76.8 cm³/mol. The lowest BCUT2D eigenvalue weighted by molar-refractivity contribution is 0.0696. The fourth-order valence-electron chi connectivity index (χ4n) is 2.79. The summed E-state index contributed by atoms with van der Waals surface area (Å²) >= 11 is 0. The Morgan fingerprint density at radius 1 is 1.42 bits per heavy atom. The maximum Gasteiger partial charge on any atom is 0.335 e. The average molecular weight is 260 g/mol. The van der Waals surface area contributed by atoms with Gasteiger partial charge in [0.1, 0.15) is 0 Å². The maximum atomic E-state index is 11.3. The Balaban J connectivity index is 2.86. The molecule has 0 aliphatic rings. The fraction of sp³-hybridized carbons (Fsp3) is 0.400. The van der Waals surface area contributed by atoms with Crippen molar-refractivity contribution in [2.75, 3.05) is 6.54 Å². The first-order chi connectivity index (χ1) is 9.01. The number of nitrogens with two attached hydrogens (primary N) is 1. The summed E-state index contributed by atoms with van der Waals surface area (Å²) in [5, 5.41) is 10.4. The minimum Gasteiger partial charge on any atom is -0.478 e. The SMILES string of the molecule is CCc1cn(CCN)c2c(C)cc(C(=O)O)c(C)c12. The normalized spacial score (nSPS) is 11.2. The summed E-state index contributed by atoms with van der Waals surface area (Å²) in [5.41, 5.74) is 10.2. The Bertz CT molecular complexity index is 641. The van der Waals surface area contributed by atoms with Gasteiger partial charge in [-0.15, -0.1) is 0 Å². The molecule has 0 saturated carbocycles. The van der Waals surface area contributed by atoms with E-state index in [9.17, 15) is 9.90 Å². The molecule has 0 aliphatic carbocycles. The first-order valence-corrected chi connectivity index (χ1v) is 6.56. The number of rotatable bonds is 4. The first kappa shape index (κ1) is 13.6. The van der Waals surface area contributed by atoms with Gasteiger partial charge in [-0.1, -0.05) is 6.92 Å². The number of hydrogen-bond acceptors (Lipinski definition) is 2. The maximum absolute atomic E-state index is 11.3. The Hall–Kier alpha value is -1.81. The third-order valence-electron chi connectivity index (χ3n) is 3.65. The van der Waals surface area contributed by atoms with Gasteiger partial charge in [0, 0.05) is 24.7 Å². The van der Waals surface area contributed by atoms with E-state index >= 15 is 0 Å². The lowest BCUT2D eigenvalue weighted by Crippen LogP contribution is -2.09. The lowest BCUT2D eigenvalue weighted by Gasteiger charge is -2.10. The van der Waals surface area contributed by atoms with Gasteiger partial charge in [-0.3, -0.25) is 0 Å². The Labute approximate surface area is 112 Å². The molecule has 0 aliphatic heterocycles. The lowest BCUT2D eigenvalue weighted by atomic mass is 9.97. The highest BCUT2D eigenvalue weighted by molar-refractivity contribution is 5.99. The number of carbonyl (C=O) groups is 1. The molecule has 19 heavy (non-hydrogen) atoms. The zero-order valence-electron chi connectivity index (χ0n) is 11.7. The van der Waals surface area contributed by atoms with Gasteiger partial charge in [-0.2, -0.15) is 0 Å². The van der Waals surface area contributed by atoms with Crippen molar-refractivity contribution in [1.82, 2.24) is 4.57 Å². The van der Waals surface area contributed by atoms with Crippen molar-refractivity contribution in [3.05, 3.63) is 34.5 Å². The van der Waals surface area contributed by atoms with E-state index in [1.807, 2.05) is 13.8 Å². The summed E-state index contributed by atoms with van der Waals surface area (Å²) in [6.07, 6.45) is 2.99. The number of aryl methyl sites for hydroxylation is 3. The molecule has 0 bridgehead atoms. The third-order valence-corrected chi connectivity index (χ3v) is 3.65. The summed E-state index contributed by atoms with van der Waals surface area (Å²) < 4.78 is 2.14. The second-order valence-corrected chi connectivity index (χ2v) is 4.88. The predicted octanol–water partition coefficient (Wildman–Crippen LogP) is 2.48. The van der Waals surface area contributed by atoms with Gasteiger partial charge in [0.2, 0.25) is 0 Å². The summed E-state index contributed by atoms with van der Waals surface area (Å²) in [6.45, 7) is 7.26. The molecule has 4 nitrogen and oxygen atoms in total. The number of aromatic nitrogens is 1. The van der Waals surface area contributed by atoms with Crippen LogP contribution in [0.3, 0.4) is 0 Å². The number of fused-ring (bicyclic) bond motifs is 1. The molecule has 2 aromatic rings. The van der Waals surface area contributed by atoms with E-state index in [0.29, 0.717) is 12.1 Å². The van der Waals surface area contributed by atoms with E-state index in [4.69, 9.17) is 5.73 Å². The molecule has 0 amide bonds. The smallest absolute Gasteiger partial charge is 0.335 e. The quantitative estimate of drug-likeness (QED) is 0.887. The van der Waals surface area contributed by atoms with Crippen LogP contribution in [0.2, 0.25) is 0 Å². The van der Waals surface area contributed by atoms with Crippen molar-refractivity contribution in [2.45, 2.75) is 33.7 Å². The molecule has 0 saturated heterocycles. The van der Waals surface area contributed by atoms with Gasteiger partial charge in [0.15, 0.2) is 0 Å². The highest BCUT2D eigenvalue weighted by atomic mass is 16.4. The highest BCUT2D eigenvalue weighted by Crippen LogP contribution is 2.30. The topological polar surface area (TPSA) is 68.2 Å². The average Bonchev–Trinajstić information content (AvgIpc) is 2.73. The van der Waals surface area contributed by atoms with Crippen LogP contribution >= 0.6 is 0 Å². The van der Waals surface area contributed by atoms with Gasteiger partial charge in [0.05, 0.1) is 11.1 Å². The molecule has 1 aromatic heterocycles. The third kappa shape index (κ3) is 2.12. The second-order valence-electron chi connectivity index (χ2n) is 4.88. The van der Waals surface area contributed by atoms with Crippen molar-refractivity contribution in [2.24, 2.45) is 5.73 Å². The number of carboxylic acids is 1. The van der Waals surface area contributed by atoms with Gasteiger partial charge >= 0.3 is 5.97 Å². The van der Waals surface area contributed by atoms with E-state index in [1.165, 1.54) is 5.56 Å². The summed E-state index contributed by atoms with van der Waals surface area (Å²) in [5.74, 6) is -0.865. The Morgan fingerprint density at radius 3 is 2.63 bits per heavy atom. The molecule has 0 atom stereocenters. The van der Waals surface area contributed by atoms with E-state index < -0.39 is 5.97 Å². The molecule has 0 fully saturated rings. The zero-order valence-corrected chi connectivity index (χ0v) is 11.7. The molecule has 3 N–H and O–H groups in total. The number of hydrogen-bond donors (Lipinski definition) is 2. The summed E-state index contributed by atoms with van der Waals surface area (Å²) in [4.78, 5) is 11.3. The van der Waals surface area contributed by atoms with Crippen LogP contribution in [0.4, 0.5) is 0 Å². The summed E-state index contributed by atoms with van der Waals surface area (Å²) in [7, 11) is 0. The van der Waals surface area contributed by atoms with E-state index in [2.05, 4.69) is 17.7 Å². The van der Waals surface area contributed by atoms with Gasteiger partial charge in [-0.05, 0) is 43.0 Å². The molecule has 2 rings (SSSR count). The number of nitrogens with zero attached hydrogens (tertiary/aromatic N) is 1. The molecule has 4 heteroatoms. The van der Waals surface area contributed by atoms with Crippen LogP contribution in [0.15, 0.2) is 12.3 Å². The molecular weight excluding hydrogens is 240 g/mol. The van der Waals surface area contributed by atoms with Crippen LogP contribution in [-0.4, -0.2) is 22.2 Å². The van der Waals surface area contributed by atoms with E-state index in [-0.39, 0.29) is 0 Å². The van der Waals surface area contributed by atoms with Crippen LogP contribution < -0.4 is 5.73 Å². The van der Waals surface area contributed by atoms with Crippen molar-refractivity contribution in [1.29, 1.82) is 0 Å². The fourth-order valence-corrected chi connectivity index (χ4v) is 2.79. The molecular formula is C15H20N2O2. The summed E-state index contributed by atoms with van der Waals surface area (Å²) in [6, 6.07) is 1.76. The van der Waals surface area contributed by atoms with Crippen molar-refractivity contribution in [3.8, 4) is 0 Å².